The number of hydrogen-bond acceptors (Lipinski definition) is 3. The van der Waals surface area contributed by atoms with Gasteiger partial charge in [0.25, 0.3) is 10.0 Å². The van der Waals surface area contributed by atoms with Crippen molar-refractivity contribution in [1.29, 1.82) is 0 Å². The normalized spacial score (nSPS) is 11.3. The molecular weight excluding hydrogens is 298 g/mol. The molecule has 0 saturated carbocycles. The smallest absolute Gasteiger partial charge is 0.265 e. The van der Waals surface area contributed by atoms with Gasteiger partial charge in [-0.1, -0.05) is 11.6 Å². The Morgan fingerprint density at radius 3 is 2.63 bits per heavy atom. The molecule has 0 aliphatic heterocycles. The standard InChI is InChI=1S/C11H7ClF2N2O2S/c12-11-9(2-1-5-15-11)16-19(17,18)10-6-7(13)3-4-8(10)14/h1-6,16H. The molecule has 1 N–H and O–H groups in total. The maximum atomic E-state index is 13.4. The van der Waals surface area contributed by atoms with Gasteiger partial charge < -0.3 is 0 Å². The molecule has 4 nitrogen and oxygen atoms in total. The third-order valence-electron chi connectivity index (χ3n) is 2.19. The molecule has 100 valence electrons. The highest BCUT2D eigenvalue weighted by Crippen LogP contribution is 2.23. The molecule has 0 amide bonds. The number of aromatic nitrogens is 1. The lowest BCUT2D eigenvalue weighted by Gasteiger charge is -2.09. The first-order chi connectivity index (χ1) is 8.90. The summed E-state index contributed by atoms with van der Waals surface area (Å²) in [7, 11) is -4.28. The number of pyridine rings is 1. The second-order valence-corrected chi connectivity index (χ2v) is 5.53. The van der Waals surface area contributed by atoms with Crippen molar-refractivity contribution in [2.24, 2.45) is 0 Å². The number of sulfonamides is 1. The van der Waals surface area contributed by atoms with Gasteiger partial charge in [0.15, 0.2) is 5.15 Å². The Morgan fingerprint density at radius 1 is 1.21 bits per heavy atom. The van der Waals surface area contributed by atoms with Crippen LogP contribution in [0.3, 0.4) is 0 Å². The van der Waals surface area contributed by atoms with Crippen molar-refractivity contribution in [1.82, 2.24) is 4.98 Å². The zero-order valence-electron chi connectivity index (χ0n) is 9.27. The molecule has 0 saturated heterocycles. The Labute approximate surface area is 113 Å². The molecule has 1 heterocycles. The van der Waals surface area contributed by atoms with Crippen LogP contribution in [0, 0.1) is 11.6 Å². The van der Waals surface area contributed by atoms with Crippen molar-refractivity contribution in [2.75, 3.05) is 4.72 Å². The van der Waals surface area contributed by atoms with Crippen LogP contribution in [0.4, 0.5) is 14.5 Å². The highest BCUT2D eigenvalue weighted by Gasteiger charge is 2.21. The molecule has 0 atom stereocenters. The molecule has 1 aromatic heterocycles. The van der Waals surface area contributed by atoms with E-state index in [4.69, 9.17) is 11.6 Å². The molecule has 0 unspecified atom stereocenters. The van der Waals surface area contributed by atoms with Crippen LogP contribution in [0.15, 0.2) is 41.4 Å². The Hall–Kier alpha value is -1.73. The molecule has 2 aromatic rings. The zero-order chi connectivity index (χ0) is 14.0. The van der Waals surface area contributed by atoms with E-state index in [1.807, 2.05) is 4.72 Å². The number of benzene rings is 1. The lowest BCUT2D eigenvalue weighted by molar-refractivity contribution is 0.555. The second-order valence-electron chi connectivity index (χ2n) is 3.52. The number of halogens is 3. The van der Waals surface area contributed by atoms with E-state index in [0.29, 0.717) is 6.07 Å². The minimum absolute atomic E-state index is 0.0205. The van der Waals surface area contributed by atoms with Crippen molar-refractivity contribution in [3.63, 3.8) is 0 Å². The number of nitrogens with zero attached hydrogens (tertiary/aromatic N) is 1. The van der Waals surface area contributed by atoms with Gasteiger partial charge in [0, 0.05) is 6.20 Å². The van der Waals surface area contributed by atoms with Crippen LogP contribution in [0.1, 0.15) is 0 Å². The number of hydrogen-bond donors (Lipinski definition) is 1. The average Bonchev–Trinajstić information content (AvgIpc) is 2.35. The van der Waals surface area contributed by atoms with Gasteiger partial charge in [-0.25, -0.2) is 22.2 Å². The van der Waals surface area contributed by atoms with E-state index in [1.165, 1.54) is 18.3 Å². The summed E-state index contributed by atoms with van der Waals surface area (Å²) < 4.78 is 52.3. The highest BCUT2D eigenvalue weighted by molar-refractivity contribution is 7.92. The van der Waals surface area contributed by atoms with Crippen molar-refractivity contribution < 1.29 is 17.2 Å². The molecular formula is C11H7ClF2N2O2S. The Bertz CT molecular complexity index is 722. The van der Waals surface area contributed by atoms with Gasteiger partial charge in [-0.3, -0.25) is 4.72 Å². The first kappa shape index (κ1) is 13.7. The van der Waals surface area contributed by atoms with Crippen LogP contribution < -0.4 is 4.72 Å². The lowest BCUT2D eigenvalue weighted by atomic mass is 10.3. The van der Waals surface area contributed by atoms with E-state index in [2.05, 4.69) is 4.98 Å². The van der Waals surface area contributed by atoms with Gasteiger partial charge in [-0.15, -0.1) is 0 Å². The quantitative estimate of drug-likeness (QED) is 0.887. The summed E-state index contributed by atoms with van der Waals surface area (Å²) in [6.45, 7) is 0. The summed E-state index contributed by atoms with van der Waals surface area (Å²) in [4.78, 5) is 2.87. The fourth-order valence-electron chi connectivity index (χ4n) is 1.35. The van der Waals surface area contributed by atoms with Crippen molar-refractivity contribution in [3.05, 3.63) is 53.3 Å². The van der Waals surface area contributed by atoms with Crippen molar-refractivity contribution >= 4 is 27.3 Å². The fourth-order valence-corrected chi connectivity index (χ4v) is 2.72. The summed E-state index contributed by atoms with van der Waals surface area (Å²) in [5.41, 5.74) is -0.0205. The van der Waals surface area contributed by atoms with E-state index in [1.54, 1.807) is 0 Å². The predicted molar refractivity (Wildman–Crippen MR) is 66.4 cm³/mol. The first-order valence-electron chi connectivity index (χ1n) is 4.98. The van der Waals surface area contributed by atoms with Crippen LogP contribution in [-0.2, 0) is 10.0 Å². The highest BCUT2D eigenvalue weighted by atomic mass is 35.5. The van der Waals surface area contributed by atoms with Crippen molar-refractivity contribution in [2.45, 2.75) is 4.90 Å². The predicted octanol–water partition coefficient (Wildman–Crippen LogP) is 2.81. The molecule has 0 bridgehead atoms. The summed E-state index contributed by atoms with van der Waals surface area (Å²) in [6, 6.07) is 4.94. The van der Waals surface area contributed by atoms with E-state index >= 15 is 0 Å². The largest absolute Gasteiger partial charge is 0.276 e. The monoisotopic (exact) mass is 304 g/mol. The fraction of sp³-hybridized carbons (Fsp3) is 0. The van der Waals surface area contributed by atoms with Crippen LogP contribution in [0.2, 0.25) is 5.15 Å². The minimum atomic E-state index is -4.28. The third kappa shape index (κ3) is 2.99. The summed E-state index contributed by atoms with van der Waals surface area (Å²) in [6.07, 6.45) is 1.36. The first-order valence-corrected chi connectivity index (χ1v) is 6.84. The maximum Gasteiger partial charge on any atom is 0.265 e. The number of anilines is 1. The molecule has 0 aliphatic rings. The van der Waals surface area contributed by atoms with E-state index in [9.17, 15) is 17.2 Å². The summed E-state index contributed by atoms with van der Waals surface area (Å²) >= 11 is 5.68. The van der Waals surface area contributed by atoms with Crippen LogP contribution in [0.5, 0.6) is 0 Å². The van der Waals surface area contributed by atoms with Gasteiger partial charge in [0.05, 0.1) is 5.69 Å². The summed E-state index contributed by atoms with van der Waals surface area (Å²) in [5.74, 6) is -1.92. The second kappa shape index (κ2) is 5.10. The van der Waals surface area contributed by atoms with Gasteiger partial charge in [0.2, 0.25) is 0 Å². The van der Waals surface area contributed by atoms with Crippen LogP contribution >= 0.6 is 11.6 Å². The molecule has 0 aliphatic carbocycles. The Balaban J connectivity index is 2.44. The molecule has 0 fully saturated rings. The van der Waals surface area contributed by atoms with Crippen molar-refractivity contribution in [3.8, 4) is 0 Å². The van der Waals surface area contributed by atoms with Gasteiger partial charge in [-0.2, -0.15) is 0 Å². The Kier molecular flexibility index (Phi) is 3.68. The van der Waals surface area contributed by atoms with Gasteiger partial charge in [0.1, 0.15) is 16.5 Å². The lowest BCUT2D eigenvalue weighted by Crippen LogP contribution is -2.15. The van der Waals surface area contributed by atoms with E-state index in [0.717, 1.165) is 12.1 Å². The average molecular weight is 305 g/mol. The van der Waals surface area contributed by atoms with E-state index < -0.39 is 26.6 Å². The van der Waals surface area contributed by atoms with E-state index in [-0.39, 0.29) is 10.8 Å². The topological polar surface area (TPSA) is 59.1 Å². The van der Waals surface area contributed by atoms with Crippen LogP contribution in [0.25, 0.3) is 0 Å². The maximum absolute atomic E-state index is 13.4. The molecule has 19 heavy (non-hydrogen) atoms. The molecule has 2 rings (SSSR count). The van der Waals surface area contributed by atoms with Crippen LogP contribution in [-0.4, -0.2) is 13.4 Å². The number of rotatable bonds is 3. The SMILES string of the molecule is O=S(=O)(Nc1cccnc1Cl)c1cc(F)ccc1F. The van der Waals surface area contributed by atoms with Gasteiger partial charge in [-0.05, 0) is 30.3 Å². The van der Waals surface area contributed by atoms with Gasteiger partial charge >= 0.3 is 0 Å². The molecule has 0 spiro atoms. The third-order valence-corrected chi connectivity index (χ3v) is 3.87. The molecule has 0 radical (unpaired) electrons. The zero-order valence-corrected chi connectivity index (χ0v) is 10.8. The summed E-state index contributed by atoms with van der Waals surface area (Å²) in [5, 5.41) is -0.0945. The molecule has 8 heteroatoms. The number of nitrogens with one attached hydrogen (secondary N) is 1. The molecule has 1 aromatic carbocycles. The minimum Gasteiger partial charge on any atom is -0.276 e. The Morgan fingerprint density at radius 2 is 1.95 bits per heavy atom.